The second kappa shape index (κ2) is 4.97. The molecule has 100 valence electrons. The van der Waals surface area contributed by atoms with E-state index in [0.717, 1.165) is 12.8 Å². The molecule has 0 radical (unpaired) electrons. The van der Waals surface area contributed by atoms with Crippen molar-refractivity contribution in [3.63, 3.8) is 0 Å². The first-order valence-corrected chi connectivity index (χ1v) is 6.11. The van der Waals surface area contributed by atoms with Crippen molar-refractivity contribution in [2.24, 2.45) is 5.73 Å². The van der Waals surface area contributed by atoms with Crippen molar-refractivity contribution >= 4 is 17.3 Å². The molecule has 1 aliphatic carbocycles. The van der Waals surface area contributed by atoms with E-state index in [2.05, 4.69) is 0 Å². The van der Waals surface area contributed by atoms with E-state index >= 15 is 0 Å². The third kappa shape index (κ3) is 3.09. The maximum atomic E-state index is 12.6. The quantitative estimate of drug-likeness (QED) is 0.915. The van der Waals surface area contributed by atoms with Gasteiger partial charge in [0, 0.05) is 28.9 Å². The molecule has 1 aromatic rings. The molecule has 0 aliphatic heterocycles. The van der Waals surface area contributed by atoms with Crippen LogP contribution < -0.4 is 10.6 Å². The van der Waals surface area contributed by atoms with Gasteiger partial charge in [-0.05, 0) is 25.0 Å². The van der Waals surface area contributed by atoms with Gasteiger partial charge >= 0.3 is 6.18 Å². The Morgan fingerprint density at radius 3 is 2.50 bits per heavy atom. The molecule has 0 unspecified atom stereocenters. The summed E-state index contributed by atoms with van der Waals surface area (Å²) in [6.07, 6.45) is -2.66. The first-order chi connectivity index (χ1) is 8.42. The number of hydrogen-bond donors (Lipinski definition) is 1. The molecule has 0 saturated heterocycles. The lowest BCUT2D eigenvalue weighted by atomic mass is 10.1. The molecule has 1 aliphatic rings. The zero-order valence-electron chi connectivity index (χ0n) is 9.67. The topological polar surface area (TPSA) is 29.3 Å². The monoisotopic (exact) mass is 278 g/mol. The molecule has 0 heterocycles. The molecule has 1 fully saturated rings. The van der Waals surface area contributed by atoms with Gasteiger partial charge in [0.2, 0.25) is 0 Å². The number of hydrogen-bond acceptors (Lipinski definition) is 2. The van der Waals surface area contributed by atoms with Crippen LogP contribution in [0.1, 0.15) is 18.4 Å². The summed E-state index contributed by atoms with van der Waals surface area (Å²) in [7, 11) is 0. The van der Waals surface area contributed by atoms with Crippen LogP contribution in [0.15, 0.2) is 18.2 Å². The highest BCUT2D eigenvalue weighted by Crippen LogP contribution is 2.37. The van der Waals surface area contributed by atoms with Crippen LogP contribution in [0.3, 0.4) is 0 Å². The highest BCUT2D eigenvalue weighted by atomic mass is 35.5. The zero-order valence-corrected chi connectivity index (χ0v) is 10.4. The Hall–Kier alpha value is -0.940. The number of anilines is 1. The molecule has 2 rings (SSSR count). The first-order valence-electron chi connectivity index (χ1n) is 5.73. The molecule has 18 heavy (non-hydrogen) atoms. The summed E-state index contributed by atoms with van der Waals surface area (Å²) in [5, 5.41) is 0.419. The Kier molecular flexibility index (Phi) is 3.73. The largest absolute Gasteiger partial charge is 0.405 e. The van der Waals surface area contributed by atoms with Crippen LogP contribution >= 0.6 is 11.6 Å². The Morgan fingerprint density at radius 1 is 1.33 bits per heavy atom. The van der Waals surface area contributed by atoms with Gasteiger partial charge in [-0.2, -0.15) is 13.2 Å². The summed E-state index contributed by atoms with van der Waals surface area (Å²) in [6.45, 7) is -0.818. The van der Waals surface area contributed by atoms with E-state index in [1.165, 1.54) is 4.90 Å². The third-order valence-corrected chi connectivity index (χ3v) is 3.30. The Balaban J connectivity index is 2.33. The molecule has 0 atom stereocenters. The van der Waals surface area contributed by atoms with Gasteiger partial charge in [0.1, 0.15) is 6.54 Å². The van der Waals surface area contributed by atoms with Gasteiger partial charge < -0.3 is 10.6 Å². The molecule has 0 bridgehead atoms. The van der Waals surface area contributed by atoms with Crippen molar-refractivity contribution in [3.8, 4) is 0 Å². The molecule has 1 saturated carbocycles. The van der Waals surface area contributed by atoms with Crippen molar-refractivity contribution in [2.45, 2.75) is 31.6 Å². The standard InChI is InChI=1S/C12H14ClF3N2/c13-10-2-1-3-11(9(10)6-17)18(8-4-5-8)7-12(14,15)16/h1-3,8H,4-7,17H2. The van der Waals surface area contributed by atoms with Gasteiger partial charge in [-0.25, -0.2) is 0 Å². The number of alkyl halides is 3. The van der Waals surface area contributed by atoms with Crippen LogP contribution in [0, 0.1) is 0 Å². The number of rotatable bonds is 4. The summed E-state index contributed by atoms with van der Waals surface area (Å²) in [5.74, 6) is 0. The maximum absolute atomic E-state index is 12.6. The minimum Gasteiger partial charge on any atom is -0.359 e. The Bertz CT molecular complexity index is 430. The lowest BCUT2D eigenvalue weighted by Crippen LogP contribution is -2.36. The van der Waals surface area contributed by atoms with Gasteiger partial charge in [0.25, 0.3) is 0 Å². The van der Waals surface area contributed by atoms with Crippen LogP contribution in [0.5, 0.6) is 0 Å². The highest BCUT2D eigenvalue weighted by molar-refractivity contribution is 6.31. The maximum Gasteiger partial charge on any atom is 0.405 e. The normalized spacial score (nSPS) is 15.8. The van der Waals surface area contributed by atoms with Crippen LogP contribution in [0.2, 0.25) is 5.02 Å². The van der Waals surface area contributed by atoms with Gasteiger partial charge in [-0.15, -0.1) is 0 Å². The Labute approximate surface area is 109 Å². The average molecular weight is 279 g/mol. The van der Waals surface area contributed by atoms with Crippen LogP contribution in [-0.4, -0.2) is 18.8 Å². The van der Waals surface area contributed by atoms with Crippen molar-refractivity contribution in [3.05, 3.63) is 28.8 Å². The molecular weight excluding hydrogens is 265 g/mol. The Morgan fingerprint density at radius 2 is 2.00 bits per heavy atom. The minimum absolute atomic E-state index is 0.0459. The molecule has 0 amide bonds. The van der Waals surface area contributed by atoms with E-state index in [0.29, 0.717) is 16.3 Å². The van der Waals surface area contributed by atoms with Gasteiger partial charge in [0.05, 0.1) is 0 Å². The summed E-state index contributed by atoms with van der Waals surface area (Å²) < 4.78 is 37.8. The fraction of sp³-hybridized carbons (Fsp3) is 0.500. The summed E-state index contributed by atoms with van der Waals surface area (Å²) in [6, 6.07) is 4.91. The molecule has 6 heteroatoms. The smallest absolute Gasteiger partial charge is 0.359 e. The molecule has 0 spiro atoms. The zero-order chi connectivity index (χ0) is 13.3. The van der Waals surface area contributed by atoms with E-state index in [1.54, 1.807) is 18.2 Å². The second-order valence-corrected chi connectivity index (χ2v) is 4.82. The number of nitrogens with two attached hydrogens (primary N) is 1. The number of halogens is 4. The second-order valence-electron chi connectivity index (χ2n) is 4.42. The lowest BCUT2D eigenvalue weighted by Gasteiger charge is -2.28. The van der Waals surface area contributed by atoms with E-state index in [9.17, 15) is 13.2 Å². The van der Waals surface area contributed by atoms with Crippen molar-refractivity contribution in [1.82, 2.24) is 0 Å². The molecule has 1 aromatic carbocycles. The van der Waals surface area contributed by atoms with Crippen molar-refractivity contribution in [1.29, 1.82) is 0 Å². The van der Waals surface area contributed by atoms with Crippen LogP contribution in [-0.2, 0) is 6.54 Å². The predicted molar refractivity (Wildman–Crippen MR) is 65.8 cm³/mol. The average Bonchev–Trinajstić information content (AvgIpc) is 3.08. The minimum atomic E-state index is -4.23. The van der Waals surface area contributed by atoms with E-state index in [1.807, 2.05) is 0 Å². The van der Waals surface area contributed by atoms with Gasteiger partial charge in [0.15, 0.2) is 0 Å². The molecule has 2 nitrogen and oxygen atoms in total. The molecular formula is C12H14ClF3N2. The molecule has 0 aromatic heterocycles. The number of benzene rings is 1. The summed E-state index contributed by atoms with van der Waals surface area (Å²) in [4.78, 5) is 1.37. The summed E-state index contributed by atoms with van der Waals surface area (Å²) >= 11 is 5.98. The van der Waals surface area contributed by atoms with Crippen LogP contribution in [0.25, 0.3) is 0 Å². The SMILES string of the molecule is NCc1c(Cl)cccc1N(CC(F)(F)F)C1CC1. The predicted octanol–water partition coefficient (Wildman–Crippen LogP) is 3.33. The van der Waals surface area contributed by atoms with Crippen molar-refractivity contribution < 1.29 is 13.2 Å². The van der Waals surface area contributed by atoms with Gasteiger partial charge in [-0.1, -0.05) is 17.7 Å². The molecule has 2 N–H and O–H groups in total. The fourth-order valence-electron chi connectivity index (χ4n) is 2.01. The summed E-state index contributed by atoms with van der Waals surface area (Å²) in [5.41, 5.74) is 6.66. The highest BCUT2D eigenvalue weighted by Gasteiger charge is 2.38. The van der Waals surface area contributed by atoms with Crippen LogP contribution in [0.4, 0.5) is 18.9 Å². The third-order valence-electron chi connectivity index (χ3n) is 2.94. The van der Waals surface area contributed by atoms with Gasteiger partial charge in [-0.3, -0.25) is 0 Å². The lowest BCUT2D eigenvalue weighted by molar-refractivity contribution is -0.120. The van der Waals surface area contributed by atoms with E-state index < -0.39 is 12.7 Å². The van der Waals surface area contributed by atoms with E-state index in [-0.39, 0.29) is 12.6 Å². The first kappa shape index (κ1) is 13.5. The number of nitrogens with zero attached hydrogens (tertiary/aromatic N) is 1. The van der Waals surface area contributed by atoms with Crippen molar-refractivity contribution in [2.75, 3.05) is 11.4 Å². The fourth-order valence-corrected chi connectivity index (χ4v) is 2.26. The van der Waals surface area contributed by atoms with E-state index in [4.69, 9.17) is 17.3 Å².